The maximum absolute atomic E-state index is 12.5. The van der Waals surface area contributed by atoms with E-state index >= 15 is 0 Å². The third-order valence-electron chi connectivity index (χ3n) is 3.62. The number of aromatic nitrogens is 1. The molecule has 0 unspecified atom stereocenters. The predicted molar refractivity (Wildman–Crippen MR) is 85.6 cm³/mol. The molecule has 114 valence electrons. The van der Waals surface area contributed by atoms with Gasteiger partial charge in [0, 0.05) is 18.6 Å². The molecular formula is C18H14N2O3. The minimum Gasteiger partial charge on any atom is -0.496 e. The largest absolute Gasteiger partial charge is 0.496 e. The van der Waals surface area contributed by atoms with Crippen LogP contribution in [0.25, 0.3) is 10.9 Å². The minimum atomic E-state index is -0.525. The number of carbonyl (C=O) groups excluding carboxylic acids is 1. The Balaban J connectivity index is 2.04. The highest BCUT2D eigenvalue weighted by molar-refractivity contribution is 5.97. The third-order valence-corrected chi connectivity index (χ3v) is 3.62. The van der Waals surface area contributed by atoms with Crippen LogP contribution in [0.1, 0.15) is 15.9 Å². The Morgan fingerprint density at radius 1 is 1.17 bits per heavy atom. The highest BCUT2D eigenvalue weighted by Crippen LogP contribution is 2.29. The Labute approximate surface area is 133 Å². The Morgan fingerprint density at radius 2 is 1.96 bits per heavy atom. The van der Waals surface area contributed by atoms with Crippen molar-refractivity contribution in [3.8, 4) is 17.6 Å². The van der Waals surface area contributed by atoms with Crippen LogP contribution in [-0.4, -0.2) is 17.6 Å². The van der Waals surface area contributed by atoms with Crippen molar-refractivity contribution in [3.05, 3.63) is 59.8 Å². The molecule has 0 radical (unpaired) electrons. The number of carbonyl (C=O) groups is 1. The first-order valence-electron chi connectivity index (χ1n) is 6.98. The smallest absolute Gasteiger partial charge is 0.347 e. The average molecular weight is 306 g/mol. The molecule has 0 aliphatic heterocycles. The summed E-state index contributed by atoms with van der Waals surface area (Å²) < 4.78 is 12.6. The van der Waals surface area contributed by atoms with E-state index in [1.165, 1.54) is 7.11 Å². The number of nitrogens with zero attached hydrogens (tertiary/aromatic N) is 2. The standard InChI is InChI=1S/C18H14N2O3/c1-20-8-7-13-15(20)9-12(11-19)10-17(13)23-18(21)14-5-3-4-6-16(14)22-2/h3-10H,1-2H3. The van der Waals surface area contributed by atoms with E-state index in [4.69, 9.17) is 14.7 Å². The summed E-state index contributed by atoms with van der Waals surface area (Å²) in [4.78, 5) is 12.5. The van der Waals surface area contributed by atoms with Gasteiger partial charge in [0.15, 0.2) is 0 Å². The zero-order chi connectivity index (χ0) is 16.4. The lowest BCUT2D eigenvalue weighted by Gasteiger charge is -2.09. The topological polar surface area (TPSA) is 64.2 Å². The Bertz CT molecular complexity index is 935. The molecule has 1 heterocycles. The molecule has 0 saturated heterocycles. The van der Waals surface area contributed by atoms with Crippen molar-refractivity contribution >= 4 is 16.9 Å². The fraction of sp³-hybridized carbons (Fsp3) is 0.111. The van der Waals surface area contributed by atoms with Crippen LogP contribution in [0, 0.1) is 11.3 Å². The molecule has 0 atom stereocenters. The van der Waals surface area contributed by atoms with E-state index in [-0.39, 0.29) is 0 Å². The van der Waals surface area contributed by atoms with Crippen molar-refractivity contribution in [1.29, 1.82) is 5.26 Å². The summed E-state index contributed by atoms with van der Waals surface area (Å²) in [6.45, 7) is 0. The molecule has 5 heteroatoms. The van der Waals surface area contributed by atoms with Gasteiger partial charge in [-0.2, -0.15) is 5.26 Å². The number of hydrogen-bond donors (Lipinski definition) is 0. The zero-order valence-corrected chi connectivity index (χ0v) is 12.7. The van der Waals surface area contributed by atoms with Gasteiger partial charge in [-0.3, -0.25) is 0 Å². The van der Waals surface area contributed by atoms with Crippen molar-refractivity contribution in [3.63, 3.8) is 0 Å². The SMILES string of the molecule is COc1ccccc1C(=O)Oc1cc(C#N)cc2c1ccn2C. The Morgan fingerprint density at radius 3 is 2.70 bits per heavy atom. The van der Waals surface area contributed by atoms with Gasteiger partial charge in [0.05, 0.1) is 24.3 Å². The molecule has 0 amide bonds. The van der Waals surface area contributed by atoms with Crippen LogP contribution >= 0.6 is 0 Å². The first-order chi connectivity index (χ1) is 11.1. The molecule has 5 nitrogen and oxygen atoms in total. The lowest BCUT2D eigenvalue weighted by molar-refractivity contribution is 0.0733. The summed E-state index contributed by atoms with van der Waals surface area (Å²) in [5, 5.41) is 9.94. The quantitative estimate of drug-likeness (QED) is 0.550. The number of nitriles is 1. The maximum atomic E-state index is 12.5. The Hall–Kier alpha value is -3.26. The fourth-order valence-electron chi connectivity index (χ4n) is 2.46. The monoisotopic (exact) mass is 306 g/mol. The summed E-state index contributed by atoms with van der Waals surface area (Å²) in [7, 11) is 3.37. The first kappa shape index (κ1) is 14.7. The molecule has 0 spiro atoms. The summed E-state index contributed by atoms with van der Waals surface area (Å²) in [6.07, 6.45) is 1.85. The van der Waals surface area contributed by atoms with Crippen molar-refractivity contribution in [2.75, 3.05) is 7.11 Å². The van der Waals surface area contributed by atoms with Gasteiger partial charge >= 0.3 is 5.97 Å². The van der Waals surface area contributed by atoms with Crippen molar-refractivity contribution in [2.24, 2.45) is 7.05 Å². The Kier molecular flexibility index (Phi) is 3.73. The normalized spacial score (nSPS) is 10.3. The molecule has 0 aliphatic rings. The molecule has 3 aromatic rings. The van der Waals surface area contributed by atoms with E-state index in [1.807, 2.05) is 23.9 Å². The number of benzene rings is 2. The van der Waals surface area contributed by atoms with Crippen LogP contribution in [0.5, 0.6) is 11.5 Å². The molecule has 0 fully saturated rings. The minimum absolute atomic E-state index is 0.335. The van der Waals surface area contributed by atoms with E-state index in [9.17, 15) is 4.79 Å². The molecule has 0 N–H and O–H groups in total. The van der Waals surface area contributed by atoms with Gasteiger partial charge in [0.1, 0.15) is 17.1 Å². The number of esters is 1. The van der Waals surface area contributed by atoms with Crippen molar-refractivity contribution in [2.45, 2.75) is 0 Å². The van der Waals surface area contributed by atoms with Crippen LogP contribution in [-0.2, 0) is 7.05 Å². The number of methoxy groups -OCH3 is 1. The van der Waals surface area contributed by atoms with Crippen LogP contribution in [0.4, 0.5) is 0 Å². The average Bonchev–Trinajstić information content (AvgIpc) is 2.96. The molecule has 3 rings (SSSR count). The van der Waals surface area contributed by atoms with Gasteiger partial charge in [-0.1, -0.05) is 12.1 Å². The van der Waals surface area contributed by atoms with Gasteiger partial charge in [-0.25, -0.2) is 4.79 Å². The molecule has 1 aromatic heterocycles. The molecule has 0 saturated carbocycles. The lowest BCUT2D eigenvalue weighted by Crippen LogP contribution is -2.10. The van der Waals surface area contributed by atoms with Gasteiger partial charge in [-0.05, 0) is 30.3 Å². The summed E-state index contributed by atoms with van der Waals surface area (Å²) in [5.41, 5.74) is 1.59. The van der Waals surface area contributed by atoms with Crippen molar-refractivity contribution < 1.29 is 14.3 Å². The third kappa shape index (κ3) is 2.62. The van der Waals surface area contributed by atoms with Crippen LogP contribution in [0.15, 0.2) is 48.7 Å². The number of ether oxygens (including phenoxy) is 2. The number of para-hydroxylation sites is 1. The van der Waals surface area contributed by atoms with E-state index in [0.29, 0.717) is 22.6 Å². The zero-order valence-electron chi connectivity index (χ0n) is 12.7. The van der Waals surface area contributed by atoms with Gasteiger partial charge < -0.3 is 14.0 Å². The van der Waals surface area contributed by atoms with Gasteiger partial charge in [0.2, 0.25) is 0 Å². The molecule has 0 aliphatic carbocycles. The lowest BCUT2D eigenvalue weighted by atomic mass is 10.1. The second-order valence-electron chi connectivity index (χ2n) is 5.04. The summed E-state index contributed by atoms with van der Waals surface area (Å²) in [6, 6.07) is 14.1. The van der Waals surface area contributed by atoms with Crippen LogP contribution in [0.2, 0.25) is 0 Å². The van der Waals surface area contributed by atoms with E-state index in [0.717, 1.165) is 10.9 Å². The molecular weight excluding hydrogens is 292 g/mol. The summed E-state index contributed by atoms with van der Waals surface area (Å²) >= 11 is 0. The van der Waals surface area contributed by atoms with Gasteiger partial charge in [0.25, 0.3) is 0 Å². The molecule has 2 aromatic carbocycles. The van der Waals surface area contributed by atoms with E-state index in [1.54, 1.807) is 36.4 Å². The number of rotatable bonds is 3. The fourth-order valence-corrected chi connectivity index (χ4v) is 2.46. The number of fused-ring (bicyclic) bond motifs is 1. The van der Waals surface area contributed by atoms with E-state index < -0.39 is 5.97 Å². The van der Waals surface area contributed by atoms with Gasteiger partial charge in [-0.15, -0.1) is 0 Å². The highest BCUT2D eigenvalue weighted by Gasteiger charge is 2.17. The second-order valence-corrected chi connectivity index (χ2v) is 5.04. The second kappa shape index (κ2) is 5.85. The predicted octanol–water partition coefficient (Wildman–Crippen LogP) is 3.28. The highest BCUT2D eigenvalue weighted by atomic mass is 16.5. The van der Waals surface area contributed by atoms with Crippen molar-refractivity contribution in [1.82, 2.24) is 4.57 Å². The molecule has 0 bridgehead atoms. The number of aryl methyl sites for hydroxylation is 1. The first-order valence-corrected chi connectivity index (χ1v) is 6.98. The van der Waals surface area contributed by atoms with E-state index in [2.05, 4.69) is 6.07 Å². The maximum Gasteiger partial charge on any atom is 0.347 e. The molecule has 23 heavy (non-hydrogen) atoms. The van der Waals surface area contributed by atoms with Crippen LogP contribution < -0.4 is 9.47 Å². The van der Waals surface area contributed by atoms with Crippen LogP contribution in [0.3, 0.4) is 0 Å². The number of hydrogen-bond acceptors (Lipinski definition) is 4. The summed E-state index contributed by atoms with van der Waals surface area (Å²) in [5.74, 6) is 0.275.